The van der Waals surface area contributed by atoms with Gasteiger partial charge in [-0.1, -0.05) is 110 Å². The number of hydrogen-bond acceptors (Lipinski definition) is 3. The molecule has 204 valence electrons. The predicted molar refractivity (Wildman–Crippen MR) is 163 cm³/mol. The van der Waals surface area contributed by atoms with Gasteiger partial charge in [0.1, 0.15) is 5.75 Å². The Morgan fingerprint density at radius 2 is 1.38 bits per heavy atom. The fourth-order valence-electron chi connectivity index (χ4n) is 4.30. The van der Waals surface area contributed by atoms with Crippen LogP contribution < -0.4 is 4.74 Å². The molecule has 0 saturated carbocycles. The number of ether oxygens (including phenoxy) is 1. The van der Waals surface area contributed by atoms with Crippen molar-refractivity contribution in [3.8, 4) is 5.75 Å². The van der Waals surface area contributed by atoms with Gasteiger partial charge in [-0.2, -0.15) is 0 Å². The highest BCUT2D eigenvalue weighted by molar-refractivity contribution is 7.99. The Bertz CT molecular complexity index is 868. The number of unbranched alkanes of at least 4 members (excludes halogenated alkanes) is 10. The first-order chi connectivity index (χ1) is 18.1. The molecule has 2 aromatic carbocycles. The molecule has 0 aliphatic carbocycles. The van der Waals surface area contributed by atoms with E-state index in [-0.39, 0.29) is 5.78 Å². The van der Waals surface area contributed by atoms with E-state index in [1.165, 1.54) is 81.9 Å². The molecule has 0 radical (unpaired) electrons. The van der Waals surface area contributed by atoms with Crippen molar-refractivity contribution >= 4 is 23.6 Å². The molecule has 2 rings (SSSR count). The van der Waals surface area contributed by atoms with Crippen molar-refractivity contribution in [3.63, 3.8) is 0 Å². The maximum atomic E-state index is 12.6. The van der Waals surface area contributed by atoms with Crippen LogP contribution in [0, 0.1) is 5.92 Å². The summed E-state index contributed by atoms with van der Waals surface area (Å²) in [4.78, 5) is 13.8. The maximum Gasteiger partial charge on any atom is 0.185 e. The Kier molecular flexibility index (Phi) is 16.9. The van der Waals surface area contributed by atoms with Crippen LogP contribution in [0.25, 0.3) is 6.08 Å². The molecule has 0 aromatic heterocycles. The van der Waals surface area contributed by atoms with Crippen LogP contribution in [-0.4, -0.2) is 18.1 Å². The topological polar surface area (TPSA) is 26.3 Å². The van der Waals surface area contributed by atoms with E-state index in [1.807, 2.05) is 54.2 Å². The molecule has 0 bridgehead atoms. The summed E-state index contributed by atoms with van der Waals surface area (Å²) in [5, 5.41) is 0. The number of carbonyl (C=O) groups excluding carboxylic acids is 1. The van der Waals surface area contributed by atoms with Gasteiger partial charge in [0.15, 0.2) is 5.78 Å². The molecule has 0 spiro atoms. The largest absolute Gasteiger partial charge is 0.494 e. The van der Waals surface area contributed by atoms with Gasteiger partial charge in [0, 0.05) is 10.5 Å². The Balaban J connectivity index is 1.59. The SMILES string of the molecule is CCCCCCCCCCCCCOc1ccc(/C=C/C(=O)c2ccc(SCCCC(C)C)cc2)cc1. The van der Waals surface area contributed by atoms with Crippen molar-refractivity contribution in [2.45, 2.75) is 109 Å². The normalized spacial score (nSPS) is 11.5. The zero-order valence-electron chi connectivity index (χ0n) is 23.7. The van der Waals surface area contributed by atoms with Gasteiger partial charge >= 0.3 is 0 Å². The van der Waals surface area contributed by atoms with Gasteiger partial charge in [-0.05, 0) is 72.6 Å². The molecule has 3 heteroatoms. The van der Waals surface area contributed by atoms with E-state index in [1.54, 1.807) is 6.08 Å². The summed E-state index contributed by atoms with van der Waals surface area (Å²) < 4.78 is 5.90. The standard InChI is InChI=1S/C34H50O2S/c1-4-5-6-7-8-9-10-11-12-13-14-27-36-32-22-17-30(18-23-32)19-26-34(35)31-20-24-33(25-21-31)37-28-15-16-29(2)3/h17-26,29H,4-16,27-28H2,1-3H3/b26-19+. The third-order valence-electron chi connectivity index (χ3n) is 6.66. The zero-order valence-corrected chi connectivity index (χ0v) is 24.5. The van der Waals surface area contributed by atoms with Gasteiger partial charge in [-0.15, -0.1) is 11.8 Å². The zero-order chi connectivity index (χ0) is 26.6. The summed E-state index contributed by atoms with van der Waals surface area (Å²) >= 11 is 1.87. The van der Waals surface area contributed by atoms with Crippen molar-refractivity contribution in [2.75, 3.05) is 12.4 Å². The highest BCUT2D eigenvalue weighted by Gasteiger charge is 2.03. The van der Waals surface area contributed by atoms with E-state index in [0.717, 1.165) is 41.6 Å². The van der Waals surface area contributed by atoms with Gasteiger partial charge in [-0.25, -0.2) is 0 Å². The van der Waals surface area contributed by atoms with Crippen LogP contribution >= 0.6 is 11.8 Å². The third kappa shape index (κ3) is 15.1. The Morgan fingerprint density at radius 1 is 0.784 bits per heavy atom. The molecular weight excluding hydrogens is 472 g/mol. The molecule has 0 aliphatic heterocycles. The second-order valence-corrected chi connectivity index (χ2v) is 11.7. The van der Waals surface area contributed by atoms with Crippen LogP contribution in [0.4, 0.5) is 0 Å². The molecule has 2 nitrogen and oxygen atoms in total. The van der Waals surface area contributed by atoms with Crippen molar-refractivity contribution in [2.24, 2.45) is 5.92 Å². The highest BCUT2D eigenvalue weighted by atomic mass is 32.2. The number of thioether (sulfide) groups is 1. The fraction of sp³-hybridized carbons (Fsp3) is 0.559. The fourth-order valence-corrected chi connectivity index (χ4v) is 5.17. The minimum atomic E-state index is 0.0353. The average Bonchev–Trinajstić information content (AvgIpc) is 2.91. The highest BCUT2D eigenvalue weighted by Crippen LogP contribution is 2.21. The van der Waals surface area contributed by atoms with Crippen LogP contribution in [0.3, 0.4) is 0 Å². The first-order valence-corrected chi connectivity index (χ1v) is 15.7. The molecule has 0 saturated heterocycles. The molecule has 0 atom stereocenters. The predicted octanol–water partition coefficient (Wildman–Crippen LogP) is 10.8. The van der Waals surface area contributed by atoms with Crippen molar-refractivity contribution < 1.29 is 9.53 Å². The van der Waals surface area contributed by atoms with Gasteiger partial charge in [0.05, 0.1) is 6.61 Å². The summed E-state index contributed by atoms with van der Waals surface area (Å²) in [5.74, 6) is 2.82. The smallest absolute Gasteiger partial charge is 0.185 e. The quantitative estimate of drug-likeness (QED) is 0.0705. The molecule has 0 fully saturated rings. The molecule has 0 aliphatic rings. The van der Waals surface area contributed by atoms with E-state index in [0.29, 0.717) is 0 Å². The Labute approximate surface area is 231 Å². The summed E-state index contributed by atoms with van der Waals surface area (Å²) in [6.07, 6.45) is 20.8. The number of rotatable bonds is 21. The van der Waals surface area contributed by atoms with Crippen LogP contribution in [0.5, 0.6) is 5.75 Å². The lowest BCUT2D eigenvalue weighted by atomic mass is 10.1. The maximum absolute atomic E-state index is 12.6. The Morgan fingerprint density at radius 3 is 1.97 bits per heavy atom. The number of carbonyl (C=O) groups is 1. The van der Waals surface area contributed by atoms with Crippen LogP contribution in [0.15, 0.2) is 59.5 Å². The molecule has 0 N–H and O–H groups in total. The number of ketones is 1. The Hall–Kier alpha value is -2.00. The first kappa shape index (κ1) is 31.2. The number of allylic oxidation sites excluding steroid dienone is 1. The number of benzene rings is 2. The third-order valence-corrected chi connectivity index (χ3v) is 7.76. The van der Waals surface area contributed by atoms with E-state index < -0.39 is 0 Å². The molecular formula is C34H50O2S. The van der Waals surface area contributed by atoms with Crippen molar-refractivity contribution in [1.82, 2.24) is 0 Å². The van der Waals surface area contributed by atoms with Crippen molar-refractivity contribution in [1.29, 1.82) is 0 Å². The van der Waals surface area contributed by atoms with E-state index >= 15 is 0 Å². The molecule has 0 amide bonds. The second-order valence-electron chi connectivity index (χ2n) is 10.6. The van der Waals surface area contributed by atoms with Gasteiger partial charge in [0.2, 0.25) is 0 Å². The lowest BCUT2D eigenvalue weighted by Gasteiger charge is -2.07. The monoisotopic (exact) mass is 522 g/mol. The van der Waals surface area contributed by atoms with Gasteiger partial charge < -0.3 is 4.74 Å². The average molecular weight is 523 g/mol. The lowest BCUT2D eigenvalue weighted by Crippen LogP contribution is -1.97. The summed E-state index contributed by atoms with van der Waals surface area (Å²) in [6.45, 7) is 7.58. The second kappa shape index (κ2) is 20.0. The molecule has 2 aromatic rings. The van der Waals surface area contributed by atoms with Crippen LogP contribution in [0.2, 0.25) is 0 Å². The number of hydrogen-bond donors (Lipinski definition) is 0. The van der Waals surface area contributed by atoms with Crippen LogP contribution in [0.1, 0.15) is 120 Å². The minimum absolute atomic E-state index is 0.0353. The molecule has 0 unspecified atom stereocenters. The summed E-state index contributed by atoms with van der Waals surface area (Å²) in [5.41, 5.74) is 1.74. The van der Waals surface area contributed by atoms with E-state index in [4.69, 9.17) is 4.74 Å². The van der Waals surface area contributed by atoms with E-state index in [2.05, 4.69) is 32.9 Å². The summed E-state index contributed by atoms with van der Waals surface area (Å²) in [7, 11) is 0. The molecule has 37 heavy (non-hydrogen) atoms. The van der Waals surface area contributed by atoms with Gasteiger partial charge in [0.25, 0.3) is 0 Å². The van der Waals surface area contributed by atoms with Crippen molar-refractivity contribution in [3.05, 3.63) is 65.7 Å². The van der Waals surface area contributed by atoms with E-state index in [9.17, 15) is 4.79 Å². The minimum Gasteiger partial charge on any atom is -0.494 e. The lowest BCUT2D eigenvalue weighted by molar-refractivity contribution is 0.104. The summed E-state index contributed by atoms with van der Waals surface area (Å²) in [6, 6.07) is 16.0. The first-order valence-electron chi connectivity index (χ1n) is 14.8. The van der Waals surface area contributed by atoms with Crippen LogP contribution in [-0.2, 0) is 0 Å². The van der Waals surface area contributed by atoms with Gasteiger partial charge in [-0.3, -0.25) is 4.79 Å². The molecule has 0 heterocycles.